The minimum Gasteiger partial charge on any atom is -0.353 e. The van der Waals surface area contributed by atoms with Crippen LogP contribution in [0.3, 0.4) is 0 Å². The molecule has 1 amide bonds. The quantitative estimate of drug-likeness (QED) is 0.583. The van der Waals surface area contributed by atoms with E-state index >= 15 is 0 Å². The molecule has 2 aromatic heterocycles. The largest absolute Gasteiger partial charge is 0.353 e. The molecule has 0 saturated carbocycles. The number of thiophene rings is 1. The number of nitrogens with one attached hydrogen (secondary N) is 1. The van der Waals surface area contributed by atoms with E-state index in [1.54, 1.807) is 15.9 Å². The Morgan fingerprint density at radius 3 is 2.78 bits per heavy atom. The van der Waals surface area contributed by atoms with E-state index in [1.807, 2.05) is 13.8 Å². The zero-order chi connectivity index (χ0) is 19.7. The molecule has 1 unspecified atom stereocenters. The fraction of sp³-hybridized carbons (Fsp3) is 0.650. The van der Waals surface area contributed by atoms with Crippen molar-refractivity contribution in [2.75, 3.05) is 5.75 Å². The van der Waals surface area contributed by atoms with E-state index in [0.717, 1.165) is 29.5 Å². The standard InChI is InChI=1S/C20H29N3O2S2/c1-11(2)9-23-19(25)17-14-7-6-13(5)8-15(14)27-18(17)22-20(23)26-10-16(24)21-12(3)4/h11-13H,6-10H2,1-5H3,(H,21,24). The average Bonchev–Trinajstić information content (AvgIpc) is 2.92. The molecule has 27 heavy (non-hydrogen) atoms. The van der Waals surface area contributed by atoms with Gasteiger partial charge in [-0.1, -0.05) is 32.5 Å². The topological polar surface area (TPSA) is 64.0 Å². The molecule has 1 N–H and O–H groups in total. The third-order valence-electron chi connectivity index (χ3n) is 4.71. The third-order valence-corrected chi connectivity index (χ3v) is 6.83. The summed E-state index contributed by atoms with van der Waals surface area (Å²) in [5.41, 5.74) is 1.28. The van der Waals surface area contributed by atoms with Gasteiger partial charge < -0.3 is 5.32 Å². The zero-order valence-electron chi connectivity index (χ0n) is 16.8. The maximum Gasteiger partial charge on any atom is 0.263 e. The van der Waals surface area contributed by atoms with E-state index in [-0.39, 0.29) is 23.3 Å². The minimum absolute atomic E-state index is 0.0280. The van der Waals surface area contributed by atoms with Crippen LogP contribution in [0.25, 0.3) is 10.2 Å². The number of aromatic nitrogens is 2. The summed E-state index contributed by atoms with van der Waals surface area (Å²) in [6.45, 7) is 11.0. The molecule has 7 heteroatoms. The lowest BCUT2D eigenvalue weighted by Gasteiger charge is -2.18. The predicted octanol–water partition coefficient (Wildman–Crippen LogP) is 3.86. The van der Waals surface area contributed by atoms with E-state index in [0.29, 0.717) is 23.5 Å². The molecule has 1 aliphatic carbocycles. The monoisotopic (exact) mass is 407 g/mol. The van der Waals surface area contributed by atoms with Crippen LogP contribution in [0.2, 0.25) is 0 Å². The lowest BCUT2D eigenvalue weighted by Crippen LogP contribution is -2.32. The van der Waals surface area contributed by atoms with Gasteiger partial charge in [0.25, 0.3) is 5.56 Å². The molecule has 0 aromatic carbocycles. The highest BCUT2D eigenvalue weighted by atomic mass is 32.2. The second-order valence-corrected chi connectivity index (χ2v) is 10.3. The van der Waals surface area contributed by atoms with Gasteiger partial charge in [-0.2, -0.15) is 0 Å². The summed E-state index contributed by atoms with van der Waals surface area (Å²) in [6, 6.07) is 0.109. The van der Waals surface area contributed by atoms with E-state index in [9.17, 15) is 9.59 Å². The van der Waals surface area contributed by atoms with Gasteiger partial charge in [0.15, 0.2) is 5.16 Å². The second kappa shape index (κ2) is 8.35. The van der Waals surface area contributed by atoms with Crippen LogP contribution >= 0.6 is 23.1 Å². The van der Waals surface area contributed by atoms with Crippen molar-refractivity contribution < 1.29 is 4.79 Å². The molecule has 148 valence electrons. The lowest BCUT2D eigenvalue weighted by atomic mass is 9.89. The van der Waals surface area contributed by atoms with Crippen LogP contribution in [0.1, 0.15) is 51.5 Å². The minimum atomic E-state index is -0.0280. The van der Waals surface area contributed by atoms with E-state index in [2.05, 4.69) is 26.1 Å². The van der Waals surface area contributed by atoms with Gasteiger partial charge in [-0.15, -0.1) is 11.3 Å². The summed E-state index contributed by atoms with van der Waals surface area (Å²) in [5, 5.41) is 4.37. The highest BCUT2D eigenvalue weighted by Gasteiger charge is 2.25. The van der Waals surface area contributed by atoms with E-state index in [4.69, 9.17) is 4.98 Å². The van der Waals surface area contributed by atoms with Gasteiger partial charge in [0.1, 0.15) is 4.83 Å². The molecule has 1 atom stereocenters. The fourth-order valence-corrected chi connectivity index (χ4v) is 5.78. The maximum absolute atomic E-state index is 13.3. The van der Waals surface area contributed by atoms with Crippen LogP contribution < -0.4 is 10.9 Å². The van der Waals surface area contributed by atoms with Crippen molar-refractivity contribution in [3.05, 3.63) is 20.8 Å². The number of amides is 1. The van der Waals surface area contributed by atoms with Crippen molar-refractivity contribution in [1.82, 2.24) is 14.9 Å². The van der Waals surface area contributed by atoms with Crippen LogP contribution in [0.15, 0.2) is 9.95 Å². The molecule has 0 fully saturated rings. The number of thioether (sulfide) groups is 1. The molecule has 3 rings (SSSR count). The van der Waals surface area contributed by atoms with Gasteiger partial charge in [0.05, 0.1) is 11.1 Å². The van der Waals surface area contributed by atoms with Crippen LogP contribution in [0, 0.1) is 11.8 Å². The summed E-state index contributed by atoms with van der Waals surface area (Å²) in [6.07, 6.45) is 3.14. The Bertz CT molecular complexity index is 899. The summed E-state index contributed by atoms with van der Waals surface area (Å²) < 4.78 is 1.78. The number of carbonyl (C=O) groups is 1. The van der Waals surface area contributed by atoms with Crippen molar-refractivity contribution in [1.29, 1.82) is 0 Å². The summed E-state index contributed by atoms with van der Waals surface area (Å²) in [7, 11) is 0. The van der Waals surface area contributed by atoms with Gasteiger partial charge in [0, 0.05) is 17.5 Å². The number of aryl methyl sites for hydroxylation is 1. The first-order chi connectivity index (χ1) is 12.8. The Morgan fingerprint density at radius 2 is 2.11 bits per heavy atom. The number of hydrogen-bond acceptors (Lipinski definition) is 5. The molecule has 5 nitrogen and oxygen atoms in total. The van der Waals surface area contributed by atoms with E-state index < -0.39 is 0 Å². The molecule has 2 heterocycles. The number of fused-ring (bicyclic) bond motifs is 3. The molecule has 0 aliphatic heterocycles. The highest BCUT2D eigenvalue weighted by Crippen LogP contribution is 2.36. The maximum atomic E-state index is 13.3. The third kappa shape index (κ3) is 4.57. The van der Waals surface area contributed by atoms with Gasteiger partial charge >= 0.3 is 0 Å². The van der Waals surface area contributed by atoms with Crippen LogP contribution in [-0.2, 0) is 24.2 Å². The second-order valence-electron chi connectivity index (χ2n) is 8.25. The van der Waals surface area contributed by atoms with Crippen molar-refractivity contribution in [3.8, 4) is 0 Å². The molecular weight excluding hydrogens is 378 g/mol. The first-order valence-electron chi connectivity index (χ1n) is 9.73. The van der Waals surface area contributed by atoms with E-state index in [1.165, 1.54) is 22.2 Å². The Morgan fingerprint density at radius 1 is 1.37 bits per heavy atom. The predicted molar refractivity (Wildman–Crippen MR) is 114 cm³/mol. The van der Waals surface area contributed by atoms with Gasteiger partial charge in [-0.25, -0.2) is 4.98 Å². The van der Waals surface area contributed by atoms with Crippen molar-refractivity contribution in [3.63, 3.8) is 0 Å². The molecule has 0 spiro atoms. The molecule has 1 aliphatic rings. The Labute approximate surface area is 169 Å². The number of nitrogens with zero attached hydrogens (tertiary/aromatic N) is 2. The van der Waals surface area contributed by atoms with Gasteiger partial charge in [-0.3, -0.25) is 14.2 Å². The van der Waals surface area contributed by atoms with Crippen molar-refractivity contribution in [2.45, 2.75) is 71.6 Å². The number of carbonyl (C=O) groups excluding carboxylic acids is 1. The normalized spacial score (nSPS) is 16.9. The molecule has 0 radical (unpaired) electrons. The van der Waals surface area contributed by atoms with Crippen molar-refractivity contribution in [2.24, 2.45) is 11.8 Å². The smallest absolute Gasteiger partial charge is 0.263 e. The van der Waals surface area contributed by atoms with Gasteiger partial charge in [0.2, 0.25) is 5.91 Å². The van der Waals surface area contributed by atoms with Crippen LogP contribution in [0.5, 0.6) is 0 Å². The Kier molecular flexibility index (Phi) is 6.31. The van der Waals surface area contributed by atoms with Crippen molar-refractivity contribution >= 4 is 39.2 Å². The number of rotatable bonds is 6. The first-order valence-corrected chi connectivity index (χ1v) is 11.5. The fourth-order valence-electron chi connectivity index (χ4n) is 3.53. The Balaban J connectivity index is 2.01. The highest BCUT2D eigenvalue weighted by molar-refractivity contribution is 7.99. The van der Waals surface area contributed by atoms with Crippen LogP contribution in [0.4, 0.5) is 0 Å². The first kappa shape index (κ1) is 20.4. The summed E-state index contributed by atoms with van der Waals surface area (Å²) in [5.74, 6) is 1.24. The summed E-state index contributed by atoms with van der Waals surface area (Å²) in [4.78, 5) is 32.4. The lowest BCUT2D eigenvalue weighted by molar-refractivity contribution is -0.119. The molecule has 0 bridgehead atoms. The average molecular weight is 408 g/mol. The molecular formula is C20H29N3O2S2. The van der Waals surface area contributed by atoms with Gasteiger partial charge in [-0.05, 0) is 50.5 Å². The Hall–Kier alpha value is -1.34. The summed E-state index contributed by atoms with van der Waals surface area (Å²) >= 11 is 3.03. The molecule has 2 aromatic rings. The van der Waals surface area contributed by atoms with Crippen LogP contribution in [-0.4, -0.2) is 27.3 Å². The zero-order valence-corrected chi connectivity index (χ0v) is 18.4. The SMILES string of the molecule is CC(C)Cn1c(SCC(=O)NC(C)C)nc2sc3c(c2c1=O)CCC(C)C3. The number of hydrogen-bond donors (Lipinski definition) is 1. The molecule has 0 saturated heterocycles.